The summed E-state index contributed by atoms with van der Waals surface area (Å²) in [6.45, 7) is 2.25. The number of rotatable bonds is 6. The van der Waals surface area contributed by atoms with Crippen LogP contribution in [-0.4, -0.2) is 48.6 Å². The zero-order valence-corrected chi connectivity index (χ0v) is 15.8. The highest BCUT2D eigenvalue weighted by molar-refractivity contribution is 5.94. The van der Waals surface area contributed by atoms with Gasteiger partial charge in [0.25, 0.3) is 5.91 Å². The van der Waals surface area contributed by atoms with E-state index in [4.69, 9.17) is 10.5 Å². The molecule has 0 saturated carbocycles. The highest BCUT2D eigenvalue weighted by atomic mass is 35.5. The molecule has 3 rings (SSSR count). The standard InChI is InChI=1S/C19H27N3O3.ClH/c20-13-16-8-9-17(25-16)19(24)21-15-6-3-14(4-7-15)5-10-18(23)22-11-1-2-12-22;/h3-4,6-7,16-17H,1-2,5,8-13,20H2,(H,21,24);1H/t16-,17+;/m1./s1. The molecule has 1 aromatic rings. The number of nitrogens with two attached hydrogens (primary N) is 1. The molecule has 0 aliphatic carbocycles. The van der Waals surface area contributed by atoms with Gasteiger partial charge in [0.2, 0.25) is 5.91 Å². The van der Waals surface area contributed by atoms with E-state index in [0.717, 1.165) is 50.0 Å². The van der Waals surface area contributed by atoms with E-state index in [1.54, 1.807) is 0 Å². The van der Waals surface area contributed by atoms with Gasteiger partial charge in [-0.2, -0.15) is 0 Å². The van der Waals surface area contributed by atoms with Gasteiger partial charge in [0, 0.05) is 31.7 Å². The molecule has 7 heteroatoms. The Morgan fingerprint density at radius 2 is 1.85 bits per heavy atom. The SMILES string of the molecule is Cl.NC[C@H]1CC[C@@H](C(=O)Nc2ccc(CCC(=O)N3CCCC3)cc2)O1. The quantitative estimate of drug-likeness (QED) is 0.790. The van der Waals surface area contributed by atoms with E-state index >= 15 is 0 Å². The molecule has 0 radical (unpaired) electrons. The van der Waals surface area contributed by atoms with Gasteiger partial charge in [0.05, 0.1) is 6.10 Å². The lowest BCUT2D eigenvalue weighted by molar-refractivity contribution is -0.130. The van der Waals surface area contributed by atoms with Crippen LogP contribution in [0.1, 0.15) is 37.7 Å². The zero-order chi connectivity index (χ0) is 17.6. The van der Waals surface area contributed by atoms with Crippen molar-refractivity contribution in [3.05, 3.63) is 29.8 Å². The lowest BCUT2D eigenvalue weighted by Crippen LogP contribution is -2.29. The Hall–Kier alpha value is -1.63. The average molecular weight is 382 g/mol. The molecule has 6 nitrogen and oxygen atoms in total. The lowest BCUT2D eigenvalue weighted by atomic mass is 10.1. The van der Waals surface area contributed by atoms with Crippen molar-refractivity contribution < 1.29 is 14.3 Å². The van der Waals surface area contributed by atoms with Crippen LogP contribution in [0.15, 0.2) is 24.3 Å². The molecule has 2 aliphatic rings. The van der Waals surface area contributed by atoms with Crippen molar-refractivity contribution in [2.45, 2.75) is 50.7 Å². The van der Waals surface area contributed by atoms with Gasteiger partial charge < -0.3 is 20.7 Å². The fraction of sp³-hybridized carbons (Fsp3) is 0.579. The molecular formula is C19H28ClN3O3. The van der Waals surface area contributed by atoms with Crippen molar-refractivity contribution in [1.29, 1.82) is 0 Å². The van der Waals surface area contributed by atoms with E-state index in [1.165, 1.54) is 0 Å². The van der Waals surface area contributed by atoms with Gasteiger partial charge >= 0.3 is 0 Å². The predicted molar refractivity (Wildman–Crippen MR) is 103 cm³/mol. The first-order chi connectivity index (χ1) is 12.2. The second-order valence-electron chi connectivity index (χ2n) is 6.83. The van der Waals surface area contributed by atoms with Crippen LogP contribution in [0.5, 0.6) is 0 Å². The Bertz CT molecular complexity index is 603. The molecular weight excluding hydrogens is 354 g/mol. The minimum absolute atomic E-state index is 0. The first-order valence-electron chi connectivity index (χ1n) is 9.19. The number of benzene rings is 1. The number of hydrogen-bond acceptors (Lipinski definition) is 4. The zero-order valence-electron chi connectivity index (χ0n) is 15.0. The summed E-state index contributed by atoms with van der Waals surface area (Å²) in [5.74, 6) is 0.121. The fourth-order valence-electron chi connectivity index (χ4n) is 3.43. The number of carbonyl (C=O) groups excluding carboxylic acids is 2. The van der Waals surface area contributed by atoms with Gasteiger partial charge in [-0.25, -0.2) is 0 Å². The number of nitrogens with one attached hydrogen (secondary N) is 1. The minimum atomic E-state index is -0.411. The smallest absolute Gasteiger partial charge is 0.253 e. The van der Waals surface area contributed by atoms with Crippen molar-refractivity contribution in [2.24, 2.45) is 5.73 Å². The summed E-state index contributed by atoms with van der Waals surface area (Å²) >= 11 is 0. The van der Waals surface area contributed by atoms with Crippen LogP contribution < -0.4 is 11.1 Å². The third kappa shape index (κ3) is 5.43. The van der Waals surface area contributed by atoms with Crippen LogP contribution in [0.25, 0.3) is 0 Å². The molecule has 2 atom stereocenters. The van der Waals surface area contributed by atoms with Gasteiger partial charge in [0.15, 0.2) is 0 Å². The van der Waals surface area contributed by atoms with Crippen molar-refractivity contribution in [3.63, 3.8) is 0 Å². The Balaban J connectivity index is 0.00000243. The number of aryl methyl sites for hydroxylation is 1. The van der Waals surface area contributed by atoms with Crippen LogP contribution in [0.4, 0.5) is 5.69 Å². The number of anilines is 1. The van der Waals surface area contributed by atoms with Gasteiger partial charge in [-0.15, -0.1) is 12.4 Å². The van der Waals surface area contributed by atoms with E-state index in [-0.39, 0.29) is 30.3 Å². The Kier molecular flexibility index (Phi) is 7.87. The van der Waals surface area contributed by atoms with Crippen molar-refractivity contribution in [2.75, 3.05) is 25.0 Å². The van der Waals surface area contributed by atoms with Crippen LogP contribution in [0.3, 0.4) is 0 Å². The molecule has 144 valence electrons. The van der Waals surface area contributed by atoms with Gasteiger partial charge in [-0.3, -0.25) is 9.59 Å². The maximum atomic E-state index is 12.2. The van der Waals surface area contributed by atoms with E-state index < -0.39 is 6.10 Å². The van der Waals surface area contributed by atoms with Crippen LogP contribution in [0.2, 0.25) is 0 Å². The largest absolute Gasteiger partial charge is 0.364 e. The molecule has 2 saturated heterocycles. The van der Waals surface area contributed by atoms with Crippen molar-refractivity contribution in [3.8, 4) is 0 Å². The number of likely N-dealkylation sites (tertiary alicyclic amines) is 1. The summed E-state index contributed by atoms with van der Waals surface area (Å²) in [6, 6.07) is 7.68. The van der Waals surface area contributed by atoms with Gasteiger partial charge in [0.1, 0.15) is 6.10 Å². The molecule has 1 aromatic carbocycles. The molecule has 0 unspecified atom stereocenters. The summed E-state index contributed by atoms with van der Waals surface area (Å²) < 4.78 is 5.60. The van der Waals surface area contributed by atoms with Crippen LogP contribution in [0, 0.1) is 0 Å². The first-order valence-corrected chi connectivity index (χ1v) is 9.19. The monoisotopic (exact) mass is 381 g/mol. The molecule has 2 amide bonds. The van der Waals surface area contributed by atoms with E-state index in [2.05, 4.69) is 5.32 Å². The van der Waals surface area contributed by atoms with E-state index in [9.17, 15) is 9.59 Å². The van der Waals surface area contributed by atoms with Crippen LogP contribution in [-0.2, 0) is 20.7 Å². The third-order valence-electron chi connectivity index (χ3n) is 4.97. The first kappa shape index (κ1) is 20.7. The summed E-state index contributed by atoms with van der Waals surface area (Å²) in [5, 5.41) is 2.89. The molecule has 26 heavy (non-hydrogen) atoms. The number of amides is 2. The Morgan fingerprint density at radius 3 is 2.46 bits per heavy atom. The summed E-state index contributed by atoms with van der Waals surface area (Å²) in [7, 11) is 0. The lowest BCUT2D eigenvalue weighted by Gasteiger charge is -2.15. The molecule has 0 spiro atoms. The number of nitrogens with zero attached hydrogens (tertiary/aromatic N) is 1. The van der Waals surface area contributed by atoms with Crippen LogP contribution >= 0.6 is 12.4 Å². The molecule has 2 fully saturated rings. The van der Waals surface area contributed by atoms with Crippen molar-refractivity contribution >= 4 is 29.9 Å². The second kappa shape index (κ2) is 9.90. The van der Waals surface area contributed by atoms with E-state index in [0.29, 0.717) is 19.4 Å². The number of hydrogen-bond donors (Lipinski definition) is 2. The summed E-state index contributed by atoms with van der Waals surface area (Å²) in [6.07, 6.45) is 4.64. The third-order valence-corrected chi connectivity index (χ3v) is 4.97. The number of ether oxygens (including phenoxy) is 1. The topological polar surface area (TPSA) is 84.7 Å². The van der Waals surface area contributed by atoms with Gasteiger partial charge in [-0.05, 0) is 49.8 Å². The highest BCUT2D eigenvalue weighted by Crippen LogP contribution is 2.21. The van der Waals surface area contributed by atoms with E-state index in [1.807, 2.05) is 29.2 Å². The maximum Gasteiger partial charge on any atom is 0.253 e. The molecule has 0 aromatic heterocycles. The summed E-state index contributed by atoms with van der Waals surface area (Å²) in [5.41, 5.74) is 7.42. The second-order valence-corrected chi connectivity index (χ2v) is 6.83. The molecule has 2 heterocycles. The van der Waals surface area contributed by atoms with Gasteiger partial charge in [-0.1, -0.05) is 12.1 Å². The van der Waals surface area contributed by atoms with Crippen molar-refractivity contribution in [1.82, 2.24) is 4.90 Å². The minimum Gasteiger partial charge on any atom is -0.364 e. The number of carbonyl (C=O) groups is 2. The molecule has 0 bridgehead atoms. The maximum absolute atomic E-state index is 12.2. The molecule has 3 N–H and O–H groups in total. The Labute approximate surface area is 160 Å². The fourth-order valence-corrected chi connectivity index (χ4v) is 3.43. The Morgan fingerprint density at radius 1 is 1.15 bits per heavy atom. The predicted octanol–water partition coefficient (Wildman–Crippen LogP) is 2.11. The highest BCUT2D eigenvalue weighted by Gasteiger charge is 2.29. The summed E-state index contributed by atoms with van der Waals surface area (Å²) in [4.78, 5) is 26.2. The molecule has 2 aliphatic heterocycles. The average Bonchev–Trinajstić information content (AvgIpc) is 3.32. The normalized spacial score (nSPS) is 22.1. The number of halogens is 1.